The Morgan fingerprint density at radius 3 is 2.71 bits per heavy atom. The third kappa shape index (κ3) is 4.11. The van der Waals surface area contributed by atoms with Crippen LogP contribution in [-0.4, -0.2) is 41.8 Å². The van der Waals surface area contributed by atoms with Crippen molar-refractivity contribution in [2.24, 2.45) is 0 Å². The van der Waals surface area contributed by atoms with Crippen molar-refractivity contribution < 1.29 is 24.1 Å². The van der Waals surface area contributed by atoms with E-state index < -0.39 is 30.1 Å². The molecule has 1 rings (SSSR count). The Morgan fingerprint density at radius 2 is 2.18 bits per heavy atom. The van der Waals surface area contributed by atoms with Gasteiger partial charge in [-0.15, -0.1) is 0 Å². The average molecular weight is 244 g/mol. The molecule has 0 amide bonds. The molecule has 1 fully saturated rings. The van der Waals surface area contributed by atoms with Crippen molar-refractivity contribution in [3.05, 3.63) is 12.2 Å². The highest BCUT2D eigenvalue weighted by molar-refractivity contribution is 5.81. The van der Waals surface area contributed by atoms with Crippen molar-refractivity contribution >= 4 is 5.97 Å². The first-order valence-corrected chi connectivity index (χ1v) is 5.74. The predicted octanol–water partition coefficient (Wildman–Crippen LogP) is 1.01. The van der Waals surface area contributed by atoms with E-state index in [1.165, 1.54) is 6.08 Å². The van der Waals surface area contributed by atoms with Gasteiger partial charge in [-0.25, -0.2) is 4.79 Å². The zero-order valence-electron chi connectivity index (χ0n) is 10.7. The highest BCUT2D eigenvalue weighted by Gasteiger charge is 2.42. The van der Waals surface area contributed by atoms with Crippen LogP contribution in [0.2, 0.25) is 0 Å². The number of rotatable bonds is 4. The molecule has 0 radical (unpaired) electrons. The molecule has 0 saturated carbocycles. The number of aliphatic hydroxyl groups excluding tert-OH is 1. The van der Waals surface area contributed by atoms with Gasteiger partial charge >= 0.3 is 5.97 Å². The van der Waals surface area contributed by atoms with E-state index in [9.17, 15) is 9.90 Å². The van der Waals surface area contributed by atoms with E-state index in [1.807, 2.05) is 0 Å². The normalized spacial score (nSPS) is 29.5. The largest absolute Gasteiger partial charge is 0.463 e. The van der Waals surface area contributed by atoms with Crippen LogP contribution in [0, 0.1) is 0 Å². The van der Waals surface area contributed by atoms with Gasteiger partial charge in [-0.3, -0.25) is 0 Å². The van der Waals surface area contributed by atoms with E-state index in [0.29, 0.717) is 6.61 Å². The third-order valence-electron chi connectivity index (χ3n) is 2.35. The van der Waals surface area contributed by atoms with E-state index in [0.717, 1.165) is 0 Å². The molecule has 5 heteroatoms. The van der Waals surface area contributed by atoms with Gasteiger partial charge in [-0.1, -0.05) is 0 Å². The third-order valence-corrected chi connectivity index (χ3v) is 2.35. The molecule has 1 aliphatic heterocycles. The van der Waals surface area contributed by atoms with Crippen LogP contribution < -0.4 is 0 Å². The smallest absolute Gasteiger partial charge is 0.330 e. The first-order chi connectivity index (χ1) is 7.85. The lowest BCUT2D eigenvalue weighted by atomic mass is 10.1. The molecule has 1 heterocycles. The maximum atomic E-state index is 11.2. The Kier molecular flexibility index (Phi) is 4.68. The molecule has 98 valence electrons. The standard InChI is InChI=1S/C12H20O5/c1-5-15-10(14)7-6-9-11(8(2)13)17-12(3,4)16-9/h6-9,11,13H,5H2,1-4H3/b7-6+/t8-,9-,11+/m0/s1. The van der Waals surface area contributed by atoms with Crippen LogP contribution in [0.25, 0.3) is 0 Å². The van der Waals surface area contributed by atoms with Gasteiger partial charge < -0.3 is 19.3 Å². The number of aliphatic hydroxyl groups is 1. The SMILES string of the molecule is CCOC(=O)/C=C/[C@@H]1OC(C)(C)O[C@@H]1[C@H](C)O. The summed E-state index contributed by atoms with van der Waals surface area (Å²) < 4.78 is 15.9. The summed E-state index contributed by atoms with van der Waals surface area (Å²) in [7, 11) is 0. The highest BCUT2D eigenvalue weighted by Crippen LogP contribution is 2.30. The van der Waals surface area contributed by atoms with Gasteiger partial charge in [-0.05, 0) is 33.8 Å². The minimum absolute atomic E-state index is 0.330. The number of hydrogen-bond donors (Lipinski definition) is 1. The molecule has 1 aliphatic rings. The number of carbonyl (C=O) groups excluding carboxylic acids is 1. The Hall–Kier alpha value is -0.910. The lowest BCUT2D eigenvalue weighted by Crippen LogP contribution is -2.32. The Bertz CT molecular complexity index is 295. The van der Waals surface area contributed by atoms with Crippen LogP contribution in [0.15, 0.2) is 12.2 Å². The van der Waals surface area contributed by atoms with Crippen molar-refractivity contribution in [3.63, 3.8) is 0 Å². The van der Waals surface area contributed by atoms with Gasteiger partial charge in [0.2, 0.25) is 0 Å². The number of carbonyl (C=O) groups is 1. The molecule has 17 heavy (non-hydrogen) atoms. The molecule has 0 spiro atoms. The van der Waals surface area contributed by atoms with Crippen molar-refractivity contribution in [1.29, 1.82) is 0 Å². The quantitative estimate of drug-likeness (QED) is 0.590. The minimum atomic E-state index is -0.759. The average Bonchev–Trinajstić information content (AvgIpc) is 2.51. The monoisotopic (exact) mass is 244 g/mol. The Morgan fingerprint density at radius 1 is 1.53 bits per heavy atom. The molecule has 0 unspecified atom stereocenters. The molecule has 1 N–H and O–H groups in total. The summed E-state index contributed by atoms with van der Waals surface area (Å²) in [5, 5.41) is 9.57. The molecule has 3 atom stereocenters. The van der Waals surface area contributed by atoms with Crippen LogP contribution in [0.1, 0.15) is 27.7 Å². The van der Waals surface area contributed by atoms with E-state index in [4.69, 9.17) is 14.2 Å². The van der Waals surface area contributed by atoms with Gasteiger partial charge in [0.1, 0.15) is 12.2 Å². The van der Waals surface area contributed by atoms with Crippen molar-refractivity contribution in [1.82, 2.24) is 0 Å². The fraction of sp³-hybridized carbons (Fsp3) is 0.750. The minimum Gasteiger partial charge on any atom is -0.463 e. The number of hydrogen-bond acceptors (Lipinski definition) is 5. The molecule has 0 aliphatic carbocycles. The van der Waals surface area contributed by atoms with Gasteiger partial charge in [0.15, 0.2) is 5.79 Å². The second-order valence-electron chi connectivity index (χ2n) is 4.42. The molecule has 0 bridgehead atoms. The molecular formula is C12H20O5. The van der Waals surface area contributed by atoms with Crippen molar-refractivity contribution in [2.75, 3.05) is 6.61 Å². The maximum absolute atomic E-state index is 11.2. The molecule has 0 aromatic carbocycles. The highest BCUT2D eigenvalue weighted by atomic mass is 16.8. The fourth-order valence-electron chi connectivity index (χ4n) is 1.70. The van der Waals surface area contributed by atoms with Crippen LogP contribution >= 0.6 is 0 Å². The summed E-state index contributed by atoms with van der Waals surface area (Å²) in [5.41, 5.74) is 0. The van der Waals surface area contributed by atoms with Crippen molar-refractivity contribution in [2.45, 2.75) is 51.8 Å². The second kappa shape index (κ2) is 5.62. The van der Waals surface area contributed by atoms with Crippen LogP contribution in [-0.2, 0) is 19.0 Å². The Balaban J connectivity index is 2.65. The molecule has 0 aromatic heterocycles. The summed E-state index contributed by atoms with van der Waals surface area (Å²) in [6, 6.07) is 0. The van der Waals surface area contributed by atoms with E-state index in [1.54, 1.807) is 33.8 Å². The summed E-state index contributed by atoms with van der Waals surface area (Å²) in [6.07, 6.45) is 1.26. The topological polar surface area (TPSA) is 65.0 Å². The number of ether oxygens (including phenoxy) is 3. The molecular weight excluding hydrogens is 224 g/mol. The van der Waals surface area contributed by atoms with Gasteiger partial charge in [-0.2, -0.15) is 0 Å². The van der Waals surface area contributed by atoms with Crippen LogP contribution in [0.5, 0.6) is 0 Å². The number of esters is 1. The van der Waals surface area contributed by atoms with Gasteiger partial charge in [0.05, 0.1) is 12.7 Å². The molecule has 5 nitrogen and oxygen atoms in total. The molecule has 0 aromatic rings. The van der Waals surface area contributed by atoms with E-state index in [2.05, 4.69) is 0 Å². The summed E-state index contributed by atoms with van der Waals surface area (Å²) in [6.45, 7) is 7.22. The van der Waals surface area contributed by atoms with E-state index >= 15 is 0 Å². The van der Waals surface area contributed by atoms with Crippen LogP contribution in [0.3, 0.4) is 0 Å². The first kappa shape index (κ1) is 14.2. The summed E-state index contributed by atoms with van der Waals surface area (Å²) in [5.74, 6) is -1.18. The van der Waals surface area contributed by atoms with Gasteiger partial charge in [0, 0.05) is 6.08 Å². The lowest BCUT2D eigenvalue weighted by Gasteiger charge is -2.18. The van der Waals surface area contributed by atoms with Crippen molar-refractivity contribution in [3.8, 4) is 0 Å². The zero-order chi connectivity index (χ0) is 13.1. The predicted molar refractivity (Wildman–Crippen MR) is 61.3 cm³/mol. The lowest BCUT2D eigenvalue weighted by molar-refractivity contribution is -0.152. The Labute approximate surface area is 101 Å². The zero-order valence-corrected chi connectivity index (χ0v) is 10.7. The summed E-state index contributed by atoms with van der Waals surface area (Å²) in [4.78, 5) is 11.2. The summed E-state index contributed by atoms with van der Waals surface area (Å²) >= 11 is 0. The van der Waals surface area contributed by atoms with Crippen LogP contribution in [0.4, 0.5) is 0 Å². The second-order valence-corrected chi connectivity index (χ2v) is 4.42. The fourth-order valence-corrected chi connectivity index (χ4v) is 1.70. The first-order valence-electron chi connectivity index (χ1n) is 5.74. The van der Waals surface area contributed by atoms with E-state index in [-0.39, 0.29) is 0 Å². The molecule has 1 saturated heterocycles. The van der Waals surface area contributed by atoms with Gasteiger partial charge in [0.25, 0.3) is 0 Å². The maximum Gasteiger partial charge on any atom is 0.330 e.